The molecule has 0 saturated carbocycles. The van der Waals surface area contributed by atoms with Gasteiger partial charge in [0.25, 0.3) is 0 Å². The third kappa shape index (κ3) is 3.30. The summed E-state index contributed by atoms with van der Waals surface area (Å²) in [5, 5.41) is 15.6. The molecule has 1 atom stereocenters. The minimum atomic E-state index is -0.133. The normalized spacial score (nSPS) is 20.9. The highest BCUT2D eigenvalue weighted by Gasteiger charge is 2.23. The van der Waals surface area contributed by atoms with E-state index in [-0.39, 0.29) is 25.1 Å². The SMILES string of the molecule is Cc1cc(NC(=O)CN2CCCCC2CO)on1. The van der Waals surface area contributed by atoms with Crippen molar-refractivity contribution in [2.45, 2.75) is 32.2 Å². The topological polar surface area (TPSA) is 78.6 Å². The Kier molecular flexibility index (Phi) is 4.33. The van der Waals surface area contributed by atoms with E-state index in [4.69, 9.17) is 4.52 Å². The van der Waals surface area contributed by atoms with E-state index in [1.807, 2.05) is 4.90 Å². The van der Waals surface area contributed by atoms with Crippen molar-refractivity contribution < 1.29 is 14.4 Å². The van der Waals surface area contributed by atoms with Gasteiger partial charge in [0, 0.05) is 12.1 Å². The number of nitrogens with one attached hydrogen (secondary N) is 1. The van der Waals surface area contributed by atoms with E-state index in [1.54, 1.807) is 13.0 Å². The van der Waals surface area contributed by atoms with Gasteiger partial charge in [-0.15, -0.1) is 0 Å². The minimum absolute atomic E-state index is 0.0981. The Morgan fingerprint density at radius 2 is 2.50 bits per heavy atom. The molecule has 18 heavy (non-hydrogen) atoms. The molecular formula is C12H19N3O3. The molecule has 1 aromatic heterocycles. The van der Waals surface area contributed by atoms with E-state index in [2.05, 4.69) is 10.5 Å². The maximum Gasteiger partial charge on any atom is 0.240 e. The number of nitrogens with zero attached hydrogens (tertiary/aromatic N) is 2. The van der Waals surface area contributed by atoms with Crippen LogP contribution in [0, 0.1) is 6.92 Å². The number of carbonyl (C=O) groups is 1. The number of likely N-dealkylation sites (tertiary alicyclic amines) is 1. The number of hydrogen-bond acceptors (Lipinski definition) is 5. The van der Waals surface area contributed by atoms with Crippen molar-refractivity contribution in [1.82, 2.24) is 10.1 Å². The Balaban J connectivity index is 1.86. The Morgan fingerprint density at radius 1 is 1.67 bits per heavy atom. The average Bonchev–Trinajstić information content (AvgIpc) is 2.75. The molecule has 1 saturated heterocycles. The highest BCUT2D eigenvalue weighted by Crippen LogP contribution is 2.16. The van der Waals surface area contributed by atoms with E-state index in [9.17, 15) is 9.90 Å². The van der Waals surface area contributed by atoms with Gasteiger partial charge in [-0.2, -0.15) is 0 Å². The summed E-state index contributed by atoms with van der Waals surface area (Å²) in [6.07, 6.45) is 3.14. The van der Waals surface area contributed by atoms with Crippen LogP contribution in [0.15, 0.2) is 10.6 Å². The average molecular weight is 253 g/mol. The maximum absolute atomic E-state index is 11.8. The number of carbonyl (C=O) groups excluding carboxylic acids is 1. The summed E-state index contributed by atoms with van der Waals surface area (Å²) in [5.74, 6) is 0.238. The van der Waals surface area contributed by atoms with Gasteiger partial charge in [0.1, 0.15) is 0 Å². The fraction of sp³-hybridized carbons (Fsp3) is 0.667. The van der Waals surface area contributed by atoms with Gasteiger partial charge in [-0.25, -0.2) is 0 Å². The Morgan fingerprint density at radius 3 is 3.17 bits per heavy atom. The summed E-state index contributed by atoms with van der Waals surface area (Å²) >= 11 is 0. The Bertz CT molecular complexity index is 405. The molecule has 0 bridgehead atoms. The number of piperidine rings is 1. The van der Waals surface area contributed by atoms with Gasteiger partial charge in [-0.1, -0.05) is 11.6 Å². The van der Waals surface area contributed by atoms with Crippen LogP contribution in [-0.4, -0.2) is 46.8 Å². The second-order valence-corrected chi connectivity index (χ2v) is 4.68. The molecule has 0 aromatic carbocycles. The third-order valence-electron chi connectivity index (χ3n) is 3.20. The molecule has 0 radical (unpaired) electrons. The zero-order valence-corrected chi connectivity index (χ0v) is 10.6. The van der Waals surface area contributed by atoms with Gasteiger partial charge in [0.05, 0.1) is 18.8 Å². The summed E-state index contributed by atoms with van der Waals surface area (Å²) < 4.78 is 4.93. The van der Waals surface area contributed by atoms with E-state index < -0.39 is 0 Å². The highest BCUT2D eigenvalue weighted by molar-refractivity contribution is 5.91. The molecule has 0 aliphatic carbocycles. The first-order chi connectivity index (χ1) is 8.69. The molecule has 100 valence electrons. The smallest absolute Gasteiger partial charge is 0.240 e. The molecule has 6 nitrogen and oxygen atoms in total. The van der Waals surface area contributed by atoms with E-state index >= 15 is 0 Å². The molecule has 1 aliphatic rings. The highest BCUT2D eigenvalue weighted by atomic mass is 16.5. The molecule has 1 amide bonds. The van der Waals surface area contributed by atoms with Crippen molar-refractivity contribution in [3.63, 3.8) is 0 Å². The van der Waals surface area contributed by atoms with Crippen LogP contribution in [0.25, 0.3) is 0 Å². The van der Waals surface area contributed by atoms with Gasteiger partial charge in [-0.05, 0) is 26.3 Å². The third-order valence-corrected chi connectivity index (χ3v) is 3.20. The lowest BCUT2D eigenvalue weighted by Crippen LogP contribution is -2.45. The fourth-order valence-corrected chi connectivity index (χ4v) is 2.26. The molecule has 1 aliphatic heterocycles. The molecule has 1 fully saturated rings. The van der Waals surface area contributed by atoms with Crippen molar-refractivity contribution in [2.24, 2.45) is 0 Å². The number of amides is 1. The predicted molar refractivity (Wildman–Crippen MR) is 66.2 cm³/mol. The van der Waals surface area contributed by atoms with Crippen molar-refractivity contribution >= 4 is 11.8 Å². The first kappa shape index (κ1) is 13.0. The van der Waals surface area contributed by atoms with E-state index in [0.29, 0.717) is 5.88 Å². The lowest BCUT2D eigenvalue weighted by Gasteiger charge is -2.33. The first-order valence-electron chi connectivity index (χ1n) is 6.27. The Labute approximate surface area is 106 Å². The van der Waals surface area contributed by atoms with Crippen molar-refractivity contribution in [3.8, 4) is 0 Å². The summed E-state index contributed by atoms with van der Waals surface area (Å²) in [7, 11) is 0. The van der Waals surface area contributed by atoms with Crippen LogP contribution < -0.4 is 5.32 Å². The predicted octanol–water partition coefficient (Wildman–Crippen LogP) is 0.768. The largest absolute Gasteiger partial charge is 0.395 e. The van der Waals surface area contributed by atoms with Crippen LogP contribution in [0.1, 0.15) is 25.0 Å². The van der Waals surface area contributed by atoms with Crippen LogP contribution in [0.5, 0.6) is 0 Å². The molecule has 1 unspecified atom stereocenters. The number of aliphatic hydroxyl groups excluding tert-OH is 1. The first-order valence-corrected chi connectivity index (χ1v) is 6.27. The van der Waals surface area contributed by atoms with Gasteiger partial charge in [-0.3, -0.25) is 15.0 Å². The van der Waals surface area contributed by atoms with E-state index in [1.165, 1.54) is 0 Å². The lowest BCUT2D eigenvalue weighted by molar-refractivity contribution is -0.118. The van der Waals surface area contributed by atoms with Crippen molar-refractivity contribution in [1.29, 1.82) is 0 Å². The summed E-state index contributed by atoms with van der Waals surface area (Å²) in [5.41, 5.74) is 0.733. The van der Waals surface area contributed by atoms with Crippen molar-refractivity contribution in [3.05, 3.63) is 11.8 Å². The number of aliphatic hydroxyl groups is 1. The van der Waals surface area contributed by atoms with Crippen LogP contribution in [-0.2, 0) is 4.79 Å². The standard InChI is InChI=1S/C12H19N3O3/c1-9-6-12(18-14-9)13-11(17)7-15-5-3-2-4-10(15)8-16/h6,10,16H,2-5,7-8H2,1H3,(H,13,17). The number of hydrogen-bond donors (Lipinski definition) is 2. The van der Waals surface area contributed by atoms with E-state index in [0.717, 1.165) is 31.5 Å². The van der Waals surface area contributed by atoms with Crippen LogP contribution in [0.3, 0.4) is 0 Å². The molecule has 6 heteroatoms. The number of aromatic nitrogens is 1. The van der Waals surface area contributed by atoms with Gasteiger partial charge in [0.2, 0.25) is 11.8 Å². The number of aryl methyl sites for hydroxylation is 1. The lowest BCUT2D eigenvalue weighted by atomic mass is 10.0. The monoisotopic (exact) mass is 253 g/mol. The maximum atomic E-state index is 11.8. The van der Waals surface area contributed by atoms with Crippen LogP contribution in [0.2, 0.25) is 0 Å². The fourth-order valence-electron chi connectivity index (χ4n) is 2.26. The zero-order valence-electron chi connectivity index (χ0n) is 10.6. The molecule has 2 heterocycles. The summed E-state index contributed by atoms with van der Waals surface area (Å²) in [6.45, 7) is 3.04. The van der Waals surface area contributed by atoms with Gasteiger partial charge < -0.3 is 9.63 Å². The van der Waals surface area contributed by atoms with Crippen LogP contribution >= 0.6 is 0 Å². The Hall–Kier alpha value is -1.40. The zero-order chi connectivity index (χ0) is 13.0. The second kappa shape index (κ2) is 5.97. The molecule has 1 aromatic rings. The minimum Gasteiger partial charge on any atom is -0.395 e. The van der Waals surface area contributed by atoms with Crippen molar-refractivity contribution in [2.75, 3.05) is 25.0 Å². The number of anilines is 1. The quantitative estimate of drug-likeness (QED) is 0.828. The molecular weight excluding hydrogens is 234 g/mol. The van der Waals surface area contributed by atoms with Gasteiger partial charge >= 0.3 is 0 Å². The summed E-state index contributed by atoms with van der Waals surface area (Å²) in [4.78, 5) is 13.8. The van der Waals surface area contributed by atoms with Crippen LogP contribution in [0.4, 0.5) is 5.88 Å². The van der Waals surface area contributed by atoms with Gasteiger partial charge in [0.15, 0.2) is 0 Å². The second-order valence-electron chi connectivity index (χ2n) is 4.68. The number of rotatable bonds is 4. The molecule has 2 rings (SSSR count). The molecule has 0 spiro atoms. The molecule has 2 N–H and O–H groups in total. The summed E-state index contributed by atoms with van der Waals surface area (Å²) in [6, 6.07) is 1.78.